The van der Waals surface area contributed by atoms with E-state index in [1.54, 1.807) is 0 Å². The lowest BCUT2D eigenvalue weighted by atomic mass is 9.83. The number of hydrogen-bond acceptors (Lipinski definition) is 4. The first-order valence-electron chi connectivity index (χ1n) is 5.21. The number of aliphatic hydroxyl groups excluding tert-OH is 2. The van der Waals surface area contributed by atoms with Gasteiger partial charge in [-0.2, -0.15) is 0 Å². The Hall–Kier alpha value is -0.940. The van der Waals surface area contributed by atoms with E-state index in [1.807, 2.05) is 24.3 Å². The molecule has 0 heterocycles. The SMILES string of the molecule is CO[C@H]1c2ccccc2[C@H](OC)[C@@H](O)[C@@H]1O. The molecule has 0 radical (unpaired) electrons. The standard InChI is InChI=1S/C12H16O4/c1-15-11-7-5-3-4-6-8(7)12(16-2)10(14)9(11)13/h3-6,9-14H,1-2H3/t9-,10-,11-,12-/m0/s1. The minimum absolute atomic E-state index is 0.502. The molecular formula is C12H16O4. The third-order valence-electron chi connectivity index (χ3n) is 3.09. The number of ether oxygens (including phenoxy) is 2. The molecular weight excluding hydrogens is 208 g/mol. The molecule has 1 aromatic rings. The Morgan fingerprint density at radius 3 is 1.56 bits per heavy atom. The molecule has 2 N–H and O–H groups in total. The van der Waals surface area contributed by atoms with Gasteiger partial charge in [0.05, 0.1) is 0 Å². The van der Waals surface area contributed by atoms with E-state index in [-0.39, 0.29) is 0 Å². The zero-order valence-corrected chi connectivity index (χ0v) is 9.33. The normalized spacial score (nSPS) is 33.5. The summed E-state index contributed by atoms with van der Waals surface area (Å²) in [7, 11) is 3.04. The second-order valence-corrected chi connectivity index (χ2v) is 3.92. The molecule has 0 amide bonds. The third kappa shape index (κ3) is 1.64. The largest absolute Gasteiger partial charge is 0.387 e. The van der Waals surface area contributed by atoms with Gasteiger partial charge in [0.1, 0.15) is 24.4 Å². The molecule has 2 rings (SSSR count). The second kappa shape index (κ2) is 4.51. The van der Waals surface area contributed by atoms with Gasteiger partial charge in [0, 0.05) is 14.2 Å². The molecule has 0 saturated heterocycles. The van der Waals surface area contributed by atoms with E-state index >= 15 is 0 Å². The number of aliphatic hydroxyl groups is 2. The van der Waals surface area contributed by atoms with Crippen LogP contribution in [0, 0.1) is 0 Å². The predicted octanol–water partition coefficient (Wildman–Crippen LogP) is 0.797. The zero-order valence-electron chi connectivity index (χ0n) is 9.33. The minimum atomic E-state index is -0.968. The summed E-state index contributed by atoms with van der Waals surface area (Å²) in [6.45, 7) is 0. The molecule has 16 heavy (non-hydrogen) atoms. The number of methoxy groups -OCH3 is 2. The van der Waals surface area contributed by atoms with E-state index in [2.05, 4.69) is 0 Å². The van der Waals surface area contributed by atoms with Gasteiger partial charge < -0.3 is 19.7 Å². The van der Waals surface area contributed by atoms with Crippen molar-refractivity contribution < 1.29 is 19.7 Å². The summed E-state index contributed by atoms with van der Waals surface area (Å²) in [5.41, 5.74) is 1.74. The Labute approximate surface area is 94.4 Å². The fraction of sp³-hybridized carbons (Fsp3) is 0.500. The molecule has 1 aliphatic rings. The molecule has 88 valence electrons. The van der Waals surface area contributed by atoms with Crippen LogP contribution in [0.4, 0.5) is 0 Å². The Bertz CT molecular complexity index is 331. The topological polar surface area (TPSA) is 58.9 Å². The molecule has 4 heteroatoms. The van der Waals surface area contributed by atoms with Gasteiger partial charge >= 0.3 is 0 Å². The van der Waals surface area contributed by atoms with Crippen molar-refractivity contribution in [2.24, 2.45) is 0 Å². The van der Waals surface area contributed by atoms with Crippen LogP contribution in [0.1, 0.15) is 23.3 Å². The van der Waals surface area contributed by atoms with Crippen molar-refractivity contribution in [1.82, 2.24) is 0 Å². The molecule has 0 fully saturated rings. The minimum Gasteiger partial charge on any atom is -0.387 e. The smallest absolute Gasteiger partial charge is 0.113 e. The van der Waals surface area contributed by atoms with Gasteiger partial charge in [-0.3, -0.25) is 0 Å². The molecule has 4 atom stereocenters. The Balaban J connectivity index is 2.49. The third-order valence-corrected chi connectivity index (χ3v) is 3.09. The molecule has 0 saturated carbocycles. The maximum absolute atomic E-state index is 9.93. The first-order valence-corrected chi connectivity index (χ1v) is 5.21. The maximum atomic E-state index is 9.93. The molecule has 0 unspecified atom stereocenters. The van der Waals surface area contributed by atoms with Crippen LogP contribution in [0.15, 0.2) is 24.3 Å². The first kappa shape index (κ1) is 11.5. The molecule has 0 spiro atoms. The average molecular weight is 224 g/mol. The van der Waals surface area contributed by atoms with Crippen LogP contribution in [0.2, 0.25) is 0 Å². The van der Waals surface area contributed by atoms with Crippen molar-refractivity contribution in [2.45, 2.75) is 24.4 Å². The highest BCUT2D eigenvalue weighted by molar-refractivity contribution is 5.36. The Kier molecular flexibility index (Phi) is 3.25. The van der Waals surface area contributed by atoms with E-state index in [9.17, 15) is 10.2 Å². The lowest BCUT2D eigenvalue weighted by Gasteiger charge is -2.37. The summed E-state index contributed by atoms with van der Waals surface area (Å²) in [5, 5.41) is 19.9. The summed E-state index contributed by atoms with van der Waals surface area (Å²) in [6.07, 6.45) is -2.94. The van der Waals surface area contributed by atoms with Crippen LogP contribution in [0.25, 0.3) is 0 Å². The molecule has 0 bridgehead atoms. The summed E-state index contributed by atoms with van der Waals surface area (Å²) >= 11 is 0. The van der Waals surface area contributed by atoms with E-state index in [4.69, 9.17) is 9.47 Å². The van der Waals surface area contributed by atoms with Crippen molar-refractivity contribution >= 4 is 0 Å². The highest BCUT2D eigenvalue weighted by Crippen LogP contribution is 2.39. The predicted molar refractivity (Wildman–Crippen MR) is 58.0 cm³/mol. The fourth-order valence-electron chi connectivity index (χ4n) is 2.29. The first-order chi connectivity index (χ1) is 7.70. The average Bonchev–Trinajstić information content (AvgIpc) is 2.31. The van der Waals surface area contributed by atoms with Gasteiger partial charge in [0.25, 0.3) is 0 Å². The lowest BCUT2D eigenvalue weighted by molar-refractivity contribution is -0.138. The maximum Gasteiger partial charge on any atom is 0.113 e. The van der Waals surface area contributed by atoms with Crippen LogP contribution in [-0.4, -0.2) is 36.6 Å². The van der Waals surface area contributed by atoms with E-state index in [1.165, 1.54) is 14.2 Å². The molecule has 0 aliphatic heterocycles. The van der Waals surface area contributed by atoms with Crippen LogP contribution < -0.4 is 0 Å². The summed E-state index contributed by atoms with van der Waals surface area (Å²) in [6, 6.07) is 7.51. The highest BCUT2D eigenvalue weighted by atomic mass is 16.5. The van der Waals surface area contributed by atoms with E-state index < -0.39 is 24.4 Å². The van der Waals surface area contributed by atoms with E-state index in [0.717, 1.165) is 11.1 Å². The van der Waals surface area contributed by atoms with Crippen molar-refractivity contribution in [1.29, 1.82) is 0 Å². The van der Waals surface area contributed by atoms with E-state index in [0.29, 0.717) is 0 Å². The summed E-state index contributed by atoms with van der Waals surface area (Å²) in [4.78, 5) is 0. The van der Waals surface area contributed by atoms with Gasteiger partial charge in [0.2, 0.25) is 0 Å². The van der Waals surface area contributed by atoms with Crippen LogP contribution >= 0.6 is 0 Å². The fourth-order valence-corrected chi connectivity index (χ4v) is 2.29. The summed E-state index contributed by atoms with van der Waals surface area (Å²) < 4.78 is 10.5. The number of hydrogen-bond donors (Lipinski definition) is 2. The highest BCUT2D eigenvalue weighted by Gasteiger charge is 2.41. The van der Waals surface area contributed by atoms with Crippen LogP contribution in [-0.2, 0) is 9.47 Å². The van der Waals surface area contributed by atoms with Gasteiger partial charge in [-0.1, -0.05) is 24.3 Å². The lowest BCUT2D eigenvalue weighted by Crippen LogP contribution is -2.42. The second-order valence-electron chi connectivity index (χ2n) is 3.92. The van der Waals surface area contributed by atoms with Crippen molar-refractivity contribution in [2.75, 3.05) is 14.2 Å². The van der Waals surface area contributed by atoms with Gasteiger partial charge in [0.15, 0.2) is 0 Å². The molecule has 1 aliphatic carbocycles. The Morgan fingerprint density at radius 1 is 0.875 bits per heavy atom. The van der Waals surface area contributed by atoms with Gasteiger partial charge in [-0.15, -0.1) is 0 Å². The molecule has 0 aromatic heterocycles. The quantitative estimate of drug-likeness (QED) is 0.780. The van der Waals surface area contributed by atoms with Crippen molar-refractivity contribution in [3.63, 3.8) is 0 Å². The van der Waals surface area contributed by atoms with Crippen molar-refractivity contribution in [3.8, 4) is 0 Å². The molecule has 4 nitrogen and oxygen atoms in total. The number of benzene rings is 1. The zero-order chi connectivity index (χ0) is 11.7. The van der Waals surface area contributed by atoms with Gasteiger partial charge in [-0.25, -0.2) is 0 Å². The Morgan fingerprint density at radius 2 is 1.25 bits per heavy atom. The monoisotopic (exact) mass is 224 g/mol. The summed E-state index contributed by atoms with van der Waals surface area (Å²) in [5.74, 6) is 0. The number of fused-ring (bicyclic) bond motifs is 1. The number of rotatable bonds is 2. The molecule has 1 aromatic carbocycles. The van der Waals surface area contributed by atoms with Crippen LogP contribution in [0.3, 0.4) is 0 Å². The van der Waals surface area contributed by atoms with Crippen LogP contribution in [0.5, 0.6) is 0 Å². The van der Waals surface area contributed by atoms with Gasteiger partial charge in [-0.05, 0) is 11.1 Å². The van der Waals surface area contributed by atoms with Crippen molar-refractivity contribution in [3.05, 3.63) is 35.4 Å².